The third-order valence-corrected chi connectivity index (χ3v) is 0.881. The molecule has 6 nitrogen and oxygen atoms in total. The van der Waals surface area contributed by atoms with E-state index in [2.05, 4.69) is 4.74 Å². The van der Waals surface area contributed by atoms with Gasteiger partial charge in [0.05, 0.1) is 6.61 Å². The van der Waals surface area contributed by atoms with E-state index in [1.807, 2.05) is 0 Å². The molecule has 0 amide bonds. The Labute approximate surface area is 62.9 Å². The van der Waals surface area contributed by atoms with Crippen LogP contribution in [0, 0.1) is 10.1 Å². The van der Waals surface area contributed by atoms with Gasteiger partial charge in [-0.3, -0.25) is 10.1 Å². The first-order valence-corrected chi connectivity index (χ1v) is 3.04. The first kappa shape index (κ1) is 9.83. The minimum atomic E-state index is -1.65. The highest BCUT2D eigenvalue weighted by atomic mass is 16.6. The molecule has 0 aromatic rings. The van der Waals surface area contributed by atoms with Gasteiger partial charge in [0.1, 0.15) is 0 Å². The number of nitrogens with zero attached hydrogens (tertiary/aromatic N) is 1. The van der Waals surface area contributed by atoms with Gasteiger partial charge in [0.2, 0.25) is 12.6 Å². The molecular weight excluding hydrogens is 154 g/mol. The Bertz CT molecular complexity index is 157. The van der Waals surface area contributed by atoms with Crippen LogP contribution >= 0.6 is 0 Å². The lowest BCUT2D eigenvalue weighted by molar-refractivity contribution is -0.488. The third kappa shape index (κ3) is 4.26. The summed E-state index contributed by atoms with van der Waals surface area (Å²) in [6, 6.07) is 0. The molecule has 0 aliphatic rings. The molecule has 0 aromatic heterocycles. The zero-order chi connectivity index (χ0) is 8.85. The minimum Gasteiger partial charge on any atom is -0.464 e. The van der Waals surface area contributed by atoms with Gasteiger partial charge in [0.15, 0.2) is 0 Å². The van der Waals surface area contributed by atoms with E-state index in [1.165, 1.54) is 0 Å². The number of carbonyl (C=O) groups is 1. The van der Waals surface area contributed by atoms with Crippen molar-refractivity contribution in [3.05, 3.63) is 10.1 Å². The zero-order valence-electron chi connectivity index (χ0n) is 6.02. The number of esters is 1. The van der Waals surface area contributed by atoms with Crippen molar-refractivity contribution >= 4 is 5.97 Å². The fourth-order valence-corrected chi connectivity index (χ4v) is 0.454. The molecule has 0 radical (unpaired) electrons. The first-order valence-electron chi connectivity index (χ1n) is 3.04. The molecular formula is C5H9NO5. The summed E-state index contributed by atoms with van der Waals surface area (Å²) in [5.41, 5.74) is 0. The molecule has 6 heteroatoms. The van der Waals surface area contributed by atoms with Crippen molar-refractivity contribution in [2.45, 2.75) is 13.0 Å². The maximum atomic E-state index is 10.5. The van der Waals surface area contributed by atoms with Crippen molar-refractivity contribution in [1.29, 1.82) is 0 Å². The SMILES string of the molecule is CCOC(=O)[C@H](O)C[N+](=O)[O-]. The maximum Gasteiger partial charge on any atom is 0.341 e. The second-order valence-corrected chi connectivity index (χ2v) is 1.78. The van der Waals surface area contributed by atoms with E-state index in [9.17, 15) is 14.9 Å². The van der Waals surface area contributed by atoms with Crippen molar-refractivity contribution in [3.63, 3.8) is 0 Å². The number of hydrogen-bond donors (Lipinski definition) is 1. The average Bonchev–Trinajstić information content (AvgIpc) is 1.86. The van der Waals surface area contributed by atoms with Crippen LogP contribution in [0.3, 0.4) is 0 Å². The monoisotopic (exact) mass is 163 g/mol. The lowest BCUT2D eigenvalue weighted by Crippen LogP contribution is -2.30. The standard InChI is InChI=1S/C5H9NO5/c1-2-11-5(8)4(7)3-6(9)10/h4,7H,2-3H2,1H3/t4-/m1/s1. The number of aliphatic hydroxyl groups is 1. The fourth-order valence-electron chi connectivity index (χ4n) is 0.454. The summed E-state index contributed by atoms with van der Waals surface area (Å²) in [5.74, 6) is -0.954. The Morgan fingerprint density at radius 2 is 2.36 bits per heavy atom. The molecule has 0 aliphatic heterocycles. The minimum absolute atomic E-state index is 0.105. The van der Waals surface area contributed by atoms with E-state index >= 15 is 0 Å². The molecule has 0 rings (SSSR count). The average molecular weight is 163 g/mol. The fraction of sp³-hybridized carbons (Fsp3) is 0.800. The Balaban J connectivity index is 3.73. The summed E-state index contributed by atoms with van der Waals surface area (Å²) < 4.78 is 4.31. The van der Waals surface area contributed by atoms with Gasteiger partial charge in [-0.1, -0.05) is 0 Å². The highest BCUT2D eigenvalue weighted by molar-refractivity contribution is 5.74. The zero-order valence-corrected chi connectivity index (χ0v) is 6.02. The largest absolute Gasteiger partial charge is 0.464 e. The molecule has 0 saturated carbocycles. The molecule has 0 spiro atoms. The van der Waals surface area contributed by atoms with Gasteiger partial charge in [-0.2, -0.15) is 0 Å². The molecule has 11 heavy (non-hydrogen) atoms. The predicted molar refractivity (Wildman–Crippen MR) is 34.5 cm³/mol. The highest BCUT2D eigenvalue weighted by Gasteiger charge is 2.21. The van der Waals surface area contributed by atoms with Crippen LogP contribution in [0.5, 0.6) is 0 Å². The molecule has 64 valence electrons. The van der Waals surface area contributed by atoms with E-state index in [-0.39, 0.29) is 6.61 Å². The lowest BCUT2D eigenvalue weighted by atomic mass is 10.4. The Hall–Kier alpha value is -1.17. The molecule has 1 N–H and O–H groups in total. The van der Waals surface area contributed by atoms with Crippen LogP contribution in [-0.2, 0) is 9.53 Å². The van der Waals surface area contributed by atoms with Gasteiger partial charge in [0, 0.05) is 4.92 Å². The van der Waals surface area contributed by atoms with Crippen LogP contribution in [0.2, 0.25) is 0 Å². The first-order chi connectivity index (χ1) is 5.07. The van der Waals surface area contributed by atoms with Gasteiger partial charge in [-0.15, -0.1) is 0 Å². The van der Waals surface area contributed by atoms with E-state index < -0.39 is 23.5 Å². The summed E-state index contributed by atoms with van der Waals surface area (Å²) in [6.45, 7) is 0.850. The van der Waals surface area contributed by atoms with Crippen molar-refractivity contribution in [2.24, 2.45) is 0 Å². The van der Waals surface area contributed by atoms with Gasteiger partial charge >= 0.3 is 5.97 Å². The second-order valence-electron chi connectivity index (χ2n) is 1.78. The molecule has 0 fully saturated rings. The Kier molecular flexibility index (Phi) is 4.12. The number of ether oxygens (including phenoxy) is 1. The van der Waals surface area contributed by atoms with Crippen LogP contribution in [-0.4, -0.2) is 35.3 Å². The topological polar surface area (TPSA) is 89.7 Å². The third-order valence-electron chi connectivity index (χ3n) is 0.881. The van der Waals surface area contributed by atoms with E-state index in [4.69, 9.17) is 5.11 Å². The van der Waals surface area contributed by atoms with Crippen molar-refractivity contribution in [1.82, 2.24) is 0 Å². The van der Waals surface area contributed by atoms with Crippen molar-refractivity contribution < 1.29 is 19.6 Å². The van der Waals surface area contributed by atoms with Gasteiger partial charge in [0.25, 0.3) is 0 Å². The quantitative estimate of drug-likeness (QED) is 0.332. The molecule has 0 heterocycles. The maximum absolute atomic E-state index is 10.5. The summed E-state index contributed by atoms with van der Waals surface area (Å²) in [5, 5.41) is 18.5. The molecule has 1 atom stereocenters. The normalized spacial score (nSPS) is 12.2. The molecule has 0 bridgehead atoms. The van der Waals surface area contributed by atoms with Crippen LogP contribution in [0.4, 0.5) is 0 Å². The number of hydrogen-bond acceptors (Lipinski definition) is 5. The summed E-state index contributed by atoms with van der Waals surface area (Å²) in [6.07, 6.45) is -1.65. The Morgan fingerprint density at radius 1 is 1.82 bits per heavy atom. The van der Waals surface area contributed by atoms with E-state index in [0.29, 0.717) is 0 Å². The van der Waals surface area contributed by atoms with Crippen LogP contribution in [0.25, 0.3) is 0 Å². The van der Waals surface area contributed by atoms with Gasteiger partial charge < -0.3 is 9.84 Å². The highest BCUT2D eigenvalue weighted by Crippen LogP contribution is 1.88. The second kappa shape index (κ2) is 4.62. The lowest BCUT2D eigenvalue weighted by Gasteiger charge is -2.03. The van der Waals surface area contributed by atoms with Crippen LogP contribution in [0.1, 0.15) is 6.92 Å². The summed E-state index contributed by atoms with van der Waals surface area (Å²) in [4.78, 5) is 19.5. The molecule has 0 aliphatic carbocycles. The van der Waals surface area contributed by atoms with Crippen molar-refractivity contribution in [2.75, 3.05) is 13.2 Å². The van der Waals surface area contributed by atoms with Crippen molar-refractivity contribution in [3.8, 4) is 0 Å². The van der Waals surface area contributed by atoms with Crippen LogP contribution in [0.15, 0.2) is 0 Å². The predicted octanol–water partition coefficient (Wildman–Crippen LogP) is -0.813. The van der Waals surface area contributed by atoms with Gasteiger partial charge in [-0.05, 0) is 6.92 Å². The molecule has 0 unspecified atom stereocenters. The van der Waals surface area contributed by atoms with E-state index in [1.54, 1.807) is 6.92 Å². The summed E-state index contributed by atoms with van der Waals surface area (Å²) in [7, 11) is 0. The Morgan fingerprint density at radius 3 is 2.73 bits per heavy atom. The smallest absolute Gasteiger partial charge is 0.341 e. The number of aliphatic hydroxyl groups excluding tert-OH is 1. The van der Waals surface area contributed by atoms with Crippen LogP contribution < -0.4 is 0 Å². The van der Waals surface area contributed by atoms with E-state index in [0.717, 1.165) is 0 Å². The number of carbonyl (C=O) groups excluding carboxylic acids is 1. The molecule has 0 aromatic carbocycles. The molecule has 0 saturated heterocycles. The summed E-state index contributed by atoms with van der Waals surface area (Å²) >= 11 is 0. The number of rotatable bonds is 4. The van der Waals surface area contributed by atoms with Gasteiger partial charge in [-0.25, -0.2) is 4.79 Å². The number of nitro groups is 1.